The molecule has 0 unspecified atom stereocenters. The highest BCUT2D eigenvalue weighted by molar-refractivity contribution is 6.33. The number of rotatable bonds is 3. The molecule has 1 N–H and O–H groups in total. The number of hydrogen-bond acceptors (Lipinski definition) is 4. The quantitative estimate of drug-likeness (QED) is 0.919. The standard InChI is InChI=1S/C13H18ClN3O2/c1-16(2)9-5-7-17(8-6-9)11-4-3-10(14)12(15-11)13(18)19/h3-4,9H,5-8H2,1-2H3,(H,18,19). The van der Waals surface area contributed by atoms with Gasteiger partial charge in [-0.1, -0.05) is 11.6 Å². The highest BCUT2D eigenvalue weighted by Gasteiger charge is 2.22. The summed E-state index contributed by atoms with van der Waals surface area (Å²) in [5.74, 6) is -0.394. The molecule has 6 heteroatoms. The van der Waals surface area contributed by atoms with Crippen LogP contribution in [0.1, 0.15) is 23.3 Å². The fourth-order valence-corrected chi connectivity index (χ4v) is 2.56. The second kappa shape index (κ2) is 5.75. The van der Waals surface area contributed by atoms with Crippen LogP contribution >= 0.6 is 11.6 Å². The Bertz CT molecular complexity index is 471. The van der Waals surface area contributed by atoms with E-state index in [1.165, 1.54) is 0 Å². The van der Waals surface area contributed by atoms with Crippen molar-refractivity contribution in [1.29, 1.82) is 0 Å². The van der Waals surface area contributed by atoms with Crippen LogP contribution in [0.15, 0.2) is 12.1 Å². The molecule has 19 heavy (non-hydrogen) atoms. The van der Waals surface area contributed by atoms with Gasteiger partial charge in [0.05, 0.1) is 5.02 Å². The van der Waals surface area contributed by atoms with Gasteiger partial charge in [0.15, 0.2) is 5.69 Å². The third-order valence-electron chi connectivity index (χ3n) is 3.55. The van der Waals surface area contributed by atoms with Crippen LogP contribution in [0.2, 0.25) is 5.02 Å². The number of carboxylic acid groups (broad SMARTS) is 1. The summed E-state index contributed by atoms with van der Waals surface area (Å²) in [6.45, 7) is 1.77. The van der Waals surface area contributed by atoms with Crippen LogP contribution < -0.4 is 4.90 Å². The van der Waals surface area contributed by atoms with Crippen LogP contribution in [0.25, 0.3) is 0 Å². The molecular formula is C13H18ClN3O2. The van der Waals surface area contributed by atoms with Crippen molar-refractivity contribution in [2.45, 2.75) is 18.9 Å². The summed E-state index contributed by atoms with van der Waals surface area (Å²) >= 11 is 5.83. The molecule has 0 amide bonds. The van der Waals surface area contributed by atoms with Gasteiger partial charge in [0.25, 0.3) is 0 Å². The molecule has 0 aromatic carbocycles. The van der Waals surface area contributed by atoms with Crippen molar-refractivity contribution >= 4 is 23.4 Å². The number of carboxylic acids is 1. The molecule has 1 saturated heterocycles. The zero-order valence-corrected chi connectivity index (χ0v) is 11.9. The number of anilines is 1. The molecule has 0 spiro atoms. The maximum Gasteiger partial charge on any atom is 0.356 e. The maximum absolute atomic E-state index is 11.0. The van der Waals surface area contributed by atoms with Gasteiger partial charge in [0.2, 0.25) is 0 Å². The van der Waals surface area contributed by atoms with Crippen LogP contribution in [0.3, 0.4) is 0 Å². The summed E-state index contributed by atoms with van der Waals surface area (Å²) in [6, 6.07) is 3.97. The molecule has 1 fully saturated rings. The lowest BCUT2D eigenvalue weighted by atomic mass is 10.0. The molecule has 0 radical (unpaired) electrons. The Morgan fingerprint density at radius 2 is 2.05 bits per heavy atom. The number of hydrogen-bond donors (Lipinski definition) is 1. The maximum atomic E-state index is 11.0. The molecule has 0 atom stereocenters. The van der Waals surface area contributed by atoms with Crippen molar-refractivity contribution in [1.82, 2.24) is 9.88 Å². The SMILES string of the molecule is CN(C)C1CCN(c2ccc(Cl)c(C(=O)O)n2)CC1. The number of aromatic nitrogens is 1. The van der Waals surface area contributed by atoms with Crippen LogP contribution in [-0.2, 0) is 0 Å². The van der Waals surface area contributed by atoms with Gasteiger partial charge >= 0.3 is 5.97 Å². The van der Waals surface area contributed by atoms with Crippen LogP contribution in [0, 0.1) is 0 Å². The Hall–Kier alpha value is -1.33. The predicted molar refractivity (Wildman–Crippen MR) is 75.1 cm³/mol. The largest absolute Gasteiger partial charge is 0.476 e. The summed E-state index contributed by atoms with van der Waals surface area (Å²) in [6.07, 6.45) is 2.11. The summed E-state index contributed by atoms with van der Waals surface area (Å²) in [4.78, 5) is 19.5. The van der Waals surface area contributed by atoms with Gasteiger partial charge in [-0.3, -0.25) is 0 Å². The lowest BCUT2D eigenvalue weighted by Crippen LogP contribution is -2.42. The summed E-state index contributed by atoms with van der Waals surface area (Å²) < 4.78 is 0. The normalized spacial score (nSPS) is 16.9. The van der Waals surface area contributed by atoms with Crippen molar-refractivity contribution in [3.8, 4) is 0 Å². The molecule has 5 nitrogen and oxygen atoms in total. The lowest BCUT2D eigenvalue weighted by Gasteiger charge is -2.35. The van der Waals surface area contributed by atoms with Crippen LogP contribution in [-0.4, -0.2) is 54.2 Å². The van der Waals surface area contributed by atoms with E-state index in [0.29, 0.717) is 11.9 Å². The second-order valence-corrected chi connectivity index (χ2v) is 5.39. The molecule has 2 rings (SSSR count). The van der Waals surface area contributed by atoms with Gasteiger partial charge in [0.1, 0.15) is 5.82 Å². The molecule has 0 bridgehead atoms. The van der Waals surface area contributed by atoms with Crippen molar-refractivity contribution < 1.29 is 9.90 Å². The monoisotopic (exact) mass is 283 g/mol. The van der Waals surface area contributed by atoms with Crippen molar-refractivity contribution in [3.63, 3.8) is 0 Å². The topological polar surface area (TPSA) is 56.7 Å². The van der Waals surface area contributed by atoms with Crippen molar-refractivity contribution in [3.05, 3.63) is 22.8 Å². The Morgan fingerprint density at radius 1 is 1.42 bits per heavy atom. The molecular weight excluding hydrogens is 266 g/mol. The van der Waals surface area contributed by atoms with Crippen LogP contribution in [0.5, 0.6) is 0 Å². The van der Waals surface area contributed by atoms with E-state index in [1.54, 1.807) is 12.1 Å². The first-order chi connectivity index (χ1) is 8.99. The zero-order chi connectivity index (χ0) is 14.0. The fourth-order valence-electron chi connectivity index (χ4n) is 2.37. The van der Waals surface area contributed by atoms with E-state index in [1.807, 2.05) is 0 Å². The average Bonchev–Trinajstić information content (AvgIpc) is 2.39. The van der Waals surface area contributed by atoms with E-state index in [9.17, 15) is 4.79 Å². The molecule has 104 valence electrons. The summed E-state index contributed by atoms with van der Waals surface area (Å²) in [5, 5.41) is 9.21. The van der Waals surface area contributed by atoms with E-state index in [0.717, 1.165) is 25.9 Å². The van der Waals surface area contributed by atoms with Crippen molar-refractivity contribution in [2.75, 3.05) is 32.1 Å². The Labute approximate surface area is 117 Å². The smallest absolute Gasteiger partial charge is 0.356 e. The Kier molecular flexibility index (Phi) is 4.27. The number of aromatic carboxylic acids is 1. The zero-order valence-electron chi connectivity index (χ0n) is 11.1. The third kappa shape index (κ3) is 3.16. The Balaban J connectivity index is 2.12. The fraction of sp³-hybridized carbons (Fsp3) is 0.538. The molecule has 1 aliphatic rings. The number of nitrogens with zero attached hydrogens (tertiary/aromatic N) is 3. The molecule has 1 aromatic heterocycles. The molecule has 1 aliphatic heterocycles. The van der Waals surface area contributed by atoms with E-state index < -0.39 is 5.97 Å². The molecule has 1 aromatic rings. The first-order valence-corrected chi connectivity index (χ1v) is 6.68. The number of piperidine rings is 1. The first-order valence-electron chi connectivity index (χ1n) is 6.30. The van der Waals surface area contributed by atoms with Crippen molar-refractivity contribution in [2.24, 2.45) is 0 Å². The summed E-state index contributed by atoms with van der Waals surface area (Å²) in [7, 11) is 4.17. The second-order valence-electron chi connectivity index (χ2n) is 4.99. The van der Waals surface area contributed by atoms with Gasteiger partial charge < -0.3 is 14.9 Å². The average molecular weight is 284 g/mol. The first kappa shape index (κ1) is 14.1. The third-order valence-corrected chi connectivity index (χ3v) is 3.86. The predicted octanol–water partition coefficient (Wildman–Crippen LogP) is 1.96. The summed E-state index contributed by atoms with van der Waals surface area (Å²) in [5.41, 5.74) is -0.0751. The number of halogens is 1. The van der Waals surface area contributed by atoms with Gasteiger partial charge in [-0.2, -0.15) is 0 Å². The minimum atomic E-state index is -1.09. The number of pyridine rings is 1. The minimum absolute atomic E-state index is 0.0751. The minimum Gasteiger partial charge on any atom is -0.476 e. The lowest BCUT2D eigenvalue weighted by molar-refractivity contribution is 0.0691. The highest BCUT2D eigenvalue weighted by Crippen LogP contribution is 2.23. The highest BCUT2D eigenvalue weighted by atomic mass is 35.5. The van der Waals surface area contributed by atoms with Crippen LogP contribution in [0.4, 0.5) is 5.82 Å². The molecule has 0 aliphatic carbocycles. The Morgan fingerprint density at radius 3 is 2.58 bits per heavy atom. The molecule has 2 heterocycles. The van der Waals surface area contributed by atoms with E-state index in [4.69, 9.17) is 16.7 Å². The van der Waals surface area contributed by atoms with Gasteiger partial charge in [-0.05, 0) is 39.1 Å². The van der Waals surface area contributed by atoms with Gasteiger partial charge in [-0.15, -0.1) is 0 Å². The molecule has 0 saturated carbocycles. The van der Waals surface area contributed by atoms with E-state index in [-0.39, 0.29) is 10.7 Å². The van der Waals surface area contributed by atoms with Gasteiger partial charge in [0, 0.05) is 19.1 Å². The van der Waals surface area contributed by atoms with E-state index in [2.05, 4.69) is 28.9 Å². The number of carbonyl (C=O) groups is 1. The van der Waals surface area contributed by atoms with E-state index >= 15 is 0 Å². The van der Waals surface area contributed by atoms with Gasteiger partial charge in [-0.25, -0.2) is 9.78 Å².